The Balaban J connectivity index is 0.00000281. The van der Waals surface area contributed by atoms with Crippen LogP contribution < -0.4 is 134 Å². The Bertz CT molecular complexity index is 3210. The zero-order chi connectivity index (χ0) is 43.5. The summed E-state index contributed by atoms with van der Waals surface area (Å²) in [6.45, 7) is 0. The summed E-state index contributed by atoms with van der Waals surface area (Å²) in [5, 5.41) is 47.6. The molecule has 0 fully saturated rings. The average Bonchev–Trinajstić information content (AvgIpc) is 3.23. The molecule has 0 radical (unpaired) electrons. The van der Waals surface area contributed by atoms with Crippen LogP contribution in [0.2, 0.25) is 10.3 Å². The third-order valence-corrected chi connectivity index (χ3v) is 11.9. The molecule has 0 spiro atoms. The fraction of sp³-hybridized carbons (Fsp3) is 0. The molecular weight excluding hydrogens is 1020 g/mol. The Hall–Kier alpha value is -1.29. The summed E-state index contributed by atoms with van der Waals surface area (Å²) in [6.07, 6.45) is 0. The minimum absolute atomic E-state index is 0. The number of carbonyl (C=O) groups is 1. The van der Waals surface area contributed by atoms with Gasteiger partial charge in [0.1, 0.15) is 25.9 Å². The molecule has 1 heterocycles. The summed E-state index contributed by atoms with van der Waals surface area (Å²) in [4.78, 5) is 20.8. The summed E-state index contributed by atoms with van der Waals surface area (Å²) in [7, 11) is -10.2. The molecule has 0 aliphatic carbocycles. The van der Waals surface area contributed by atoms with E-state index in [-0.39, 0.29) is 183 Å². The van der Waals surface area contributed by atoms with Crippen LogP contribution in [-0.4, -0.2) is 41.8 Å². The molecule has 0 aliphatic rings. The fourth-order valence-electron chi connectivity index (χ4n) is 5.79. The second kappa shape index (κ2) is 25.5. The largest absolute Gasteiger partial charge is 1.00 e. The molecule has 1 N–H and O–H groups in total. The SMILES string of the molecule is O=C(Nc1ccc(N=Nc2ccc(N=Nc3cc(SOO[O-])ccc3S(=O)(=O)[O-])c3cc(SOO[O-])ccc23)c2cccc(S(=O)(=O)[O-])c12)c1ccc2nc(Cl)c(Cl)nc2c1.[Na+].[Na+].[Na+].[Na+]. The van der Waals surface area contributed by atoms with E-state index in [0.29, 0.717) is 39.9 Å². The third kappa shape index (κ3) is 14.2. The minimum atomic E-state index is -5.12. The number of azo groups is 2. The zero-order valence-electron chi connectivity index (χ0n) is 33.6. The van der Waals surface area contributed by atoms with E-state index in [4.69, 9.17) is 23.2 Å². The van der Waals surface area contributed by atoms with Crippen molar-refractivity contribution in [2.45, 2.75) is 19.6 Å². The van der Waals surface area contributed by atoms with Gasteiger partial charge in [-0.25, -0.2) is 26.8 Å². The average molecular weight is 1030 g/mol. The van der Waals surface area contributed by atoms with Crippen molar-refractivity contribution in [2.24, 2.45) is 20.5 Å². The van der Waals surface area contributed by atoms with Gasteiger partial charge >= 0.3 is 118 Å². The van der Waals surface area contributed by atoms with Crippen LogP contribution >= 0.6 is 47.3 Å². The minimum Gasteiger partial charge on any atom is -0.744 e. The predicted octanol–water partition coefficient (Wildman–Crippen LogP) is -4.39. The Morgan fingerprint density at radius 3 is 1.74 bits per heavy atom. The number of nitrogens with one attached hydrogen (secondary N) is 1. The monoisotopic (exact) mass is 1030 g/mol. The van der Waals surface area contributed by atoms with Gasteiger partial charge in [-0.2, -0.15) is 8.67 Å². The molecule has 6 aromatic carbocycles. The maximum absolute atomic E-state index is 13.5. The number of rotatable bonds is 14. The Labute approximate surface area is 474 Å². The van der Waals surface area contributed by atoms with Crippen LogP contribution in [0.1, 0.15) is 10.4 Å². The molecular formula is C35H17Cl2N7Na4O13S4. The molecule has 1 amide bonds. The first-order valence-electron chi connectivity index (χ1n) is 16.4. The van der Waals surface area contributed by atoms with E-state index in [0.717, 1.165) is 18.2 Å². The van der Waals surface area contributed by atoms with Crippen LogP contribution in [-0.2, 0) is 39.0 Å². The van der Waals surface area contributed by atoms with Gasteiger partial charge in [-0.05, 0) is 78.9 Å². The summed E-state index contributed by atoms with van der Waals surface area (Å²) < 4.78 is 82.2. The predicted molar refractivity (Wildman–Crippen MR) is 212 cm³/mol. The molecule has 0 bridgehead atoms. The molecule has 0 unspecified atom stereocenters. The second-order valence-corrected chi connectivity index (χ2v) is 16.9. The van der Waals surface area contributed by atoms with Gasteiger partial charge in [0.2, 0.25) is 0 Å². The van der Waals surface area contributed by atoms with Crippen LogP contribution in [0.15, 0.2) is 137 Å². The van der Waals surface area contributed by atoms with Crippen LogP contribution in [0.25, 0.3) is 32.6 Å². The number of hydrogen-bond donors (Lipinski definition) is 1. The van der Waals surface area contributed by atoms with Crippen molar-refractivity contribution in [1.29, 1.82) is 0 Å². The van der Waals surface area contributed by atoms with Crippen molar-refractivity contribution < 1.29 is 178 Å². The maximum atomic E-state index is 13.5. The van der Waals surface area contributed by atoms with Gasteiger partial charge in [-0.15, -0.1) is 20.5 Å². The van der Waals surface area contributed by atoms with E-state index in [2.05, 4.69) is 54.5 Å². The van der Waals surface area contributed by atoms with Gasteiger partial charge in [0.05, 0.1) is 67.7 Å². The van der Waals surface area contributed by atoms with Gasteiger partial charge in [-0.3, -0.25) is 14.9 Å². The first-order chi connectivity index (χ1) is 29.1. The zero-order valence-corrected chi connectivity index (χ0v) is 46.4. The van der Waals surface area contributed by atoms with Gasteiger partial charge in [0.25, 0.3) is 5.91 Å². The number of aromatic nitrogens is 2. The second-order valence-electron chi connectivity index (χ2n) is 12.0. The van der Waals surface area contributed by atoms with Crippen molar-refractivity contribution in [3.8, 4) is 0 Å². The number of hydrogen-bond acceptors (Lipinski definition) is 21. The number of nitrogens with zero attached hydrogens (tertiary/aromatic N) is 6. The van der Waals surface area contributed by atoms with Crippen molar-refractivity contribution in [2.75, 3.05) is 5.32 Å². The summed E-state index contributed by atoms with van der Waals surface area (Å²) in [6, 6.07) is 21.6. The molecule has 7 aromatic rings. The first kappa shape index (κ1) is 58.0. The number of anilines is 1. The van der Waals surface area contributed by atoms with E-state index >= 15 is 0 Å². The van der Waals surface area contributed by atoms with Crippen LogP contribution in [0, 0.1) is 0 Å². The number of carbonyl (C=O) groups excluding carboxylic acids is 1. The van der Waals surface area contributed by atoms with E-state index < -0.39 is 41.6 Å². The standard InChI is InChI=1S/C35H21Cl2N7O13S4.4Na/c36-33-34(37)39-28-14-17(4-8-26(28)38-33)35(45)40-27-12-11-24(21-2-1-3-31(32(21)27)61(51,52)53)42-41-23-9-10-25(22-15-18(58-56-54-46)5-7-20(22)23)43-44-29-16-19(59-57-55-47)6-13-30(29)60(48,49)50;;;;/h1-16,46-47H,(H,40,45)(H,48,49,50)(H,51,52,53);;;;/q;4*+1/p-4. The summed E-state index contributed by atoms with van der Waals surface area (Å²) in [5.74, 6) is -0.697. The van der Waals surface area contributed by atoms with Crippen molar-refractivity contribution >= 4 is 134 Å². The molecule has 312 valence electrons. The van der Waals surface area contributed by atoms with Crippen LogP contribution in [0.5, 0.6) is 0 Å². The summed E-state index contributed by atoms with van der Waals surface area (Å²) in [5.41, 5.74) is 0.599. The molecule has 65 heavy (non-hydrogen) atoms. The number of fused-ring (bicyclic) bond motifs is 3. The quantitative estimate of drug-likeness (QED) is 0.0269. The molecule has 0 saturated heterocycles. The number of benzene rings is 6. The number of halogens is 2. The van der Waals surface area contributed by atoms with Gasteiger partial charge < -0.3 is 24.9 Å². The molecule has 7 rings (SSSR count). The third-order valence-electron chi connectivity index (χ3n) is 8.33. The maximum Gasteiger partial charge on any atom is 1.00 e. The molecule has 0 saturated carbocycles. The number of amides is 1. The van der Waals surface area contributed by atoms with E-state index in [1.54, 1.807) is 6.07 Å². The van der Waals surface area contributed by atoms with E-state index in [1.807, 2.05) is 0 Å². The molecule has 0 aliphatic heterocycles. The van der Waals surface area contributed by atoms with Crippen LogP contribution in [0.4, 0.5) is 28.4 Å². The van der Waals surface area contributed by atoms with Crippen molar-refractivity contribution in [3.05, 3.63) is 113 Å². The van der Waals surface area contributed by atoms with Gasteiger partial charge in [0.15, 0.2) is 10.3 Å². The fourth-order valence-corrected chi connectivity index (χ4v) is 8.15. The van der Waals surface area contributed by atoms with Crippen molar-refractivity contribution in [1.82, 2.24) is 9.97 Å². The van der Waals surface area contributed by atoms with Crippen molar-refractivity contribution in [3.63, 3.8) is 0 Å². The summed E-state index contributed by atoms with van der Waals surface area (Å²) >= 11 is 12.9. The smallest absolute Gasteiger partial charge is 0.744 e. The Kier molecular flexibility index (Phi) is 22.8. The topological polar surface area (TPSA) is 302 Å². The normalized spacial score (nSPS) is 11.6. The molecule has 20 nitrogen and oxygen atoms in total. The Morgan fingerprint density at radius 1 is 0.585 bits per heavy atom. The van der Waals surface area contributed by atoms with E-state index in [9.17, 15) is 41.3 Å². The Morgan fingerprint density at radius 2 is 1.12 bits per heavy atom. The first-order valence-corrected chi connectivity index (χ1v) is 21.4. The van der Waals surface area contributed by atoms with E-state index in [1.165, 1.54) is 72.8 Å². The van der Waals surface area contributed by atoms with Gasteiger partial charge in [0, 0.05) is 36.9 Å². The van der Waals surface area contributed by atoms with Crippen LogP contribution in [0.3, 0.4) is 0 Å². The molecule has 1 aromatic heterocycles. The van der Waals surface area contributed by atoms with Gasteiger partial charge in [-0.1, -0.05) is 41.4 Å². The molecule has 0 atom stereocenters. The molecule has 30 heteroatoms.